The molecule has 0 unspecified atom stereocenters. The van der Waals surface area contributed by atoms with E-state index in [0.717, 1.165) is 0 Å². The van der Waals surface area contributed by atoms with Crippen molar-refractivity contribution in [3.05, 3.63) is 52.5 Å². The van der Waals surface area contributed by atoms with Crippen molar-refractivity contribution in [3.63, 3.8) is 0 Å². The first-order valence-corrected chi connectivity index (χ1v) is 6.29. The van der Waals surface area contributed by atoms with Gasteiger partial charge in [-0.15, -0.1) is 0 Å². The number of aromatic nitrogens is 1. The molecule has 0 bridgehead atoms. The lowest BCUT2D eigenvalue weighted by Crippen LogP contribution is -2.14. The number of hydrogen-bond acceptors (Lipinski definition) is 3. The van der Waals surface area contributed by atoms with Crippen LogP contribution in [-0.4, -0.2) is 17.9 Å². The summed E-state index contributed by atoms with van der Waals surface area (Å²) >= 11 is 3.26. The van der Waals surface area contributed by atoms with E-state index in [4.69, 9.17) is 0 Å². The second-order valence-corrected chi connectivity index (χ2v) is 4.60. The maximum Gasteiger partial charge on any atom is 0.257 e. The molecule has 0 aliphatic heterocycles. The van der Waals surface area contributed by atoms with E-state index in [1.807, 2.05) is 0 Å². The van der Waals surface area contributed by atoms with Crippen LogP contribution in [0.25, 0.3) is 0 Å². The molecule has 1 heterocycles. The molecule has 4 nitrogen and oxygen atoms in total. The van der Waals surface area contributed by atoms with Gasteiger partial charge in [0, 0.05) is 17.7 Å². The van der Waals surface area contributed by atoms with Crippen LogP contribution in [0, 0.1) is 5.82 Å². The normalized spacial score (nSPS) is 10.1. The molecule has 1 aromatic carbocycles. The summed E-state index contributed by atoms with van der Waals surface area (Å²) < 4.78 is 13.8. The Morgan fingerprint density at radius 2 is 2.11 bits per heavy atom. The van der Waals surface area contributed by atoms with Crippen molar-refractivity contribution in [2.24, 2.45) is 0 Å². The summed E-state index contributed by atoms with van der Waals surface area (Å²) in [5, 5.41) is 5.53. The molecule has 0 aliphatic carbocycles. The average Bonchev–Trinajstić information content (AvgIpc) is 2.42. The number of nitrogens with zero attached hydrogens (tertiary/aromatic N) is 1. The largest absolute Gasteiger partial charge is 0.386 e. The summed E-state index contributed by atoms with van der Waals surface area (Å²) in [5.74, 6) is -0.750. The van der Waals surface area contributed by atoms with E-state index in [1.54, 1.807) is 19.3 Å². The minimum atomic E-state index is -0.415. The van der Waals surface area contributed by atoms with Gasteiger partial charge in [-0.1, -0.05) is 0 Å². The highest BCUT2D eigenvalue weighted by Crippen LogP contribution is 2.24. The maximum absolute atomic E-state index is 13.2. The summed E-state index contributed by atoms with van der Waals surface area (Å²) in [7, 11) is 1.70. The average molecular weight is 324 g/mol. The molecule has 0 atom stereocenters. The van der Waals surface area contributed by atoms with Gasteiger partial charge in [0.1, 0.15) is 5.82 Å². The number of anilines is 2. The monoisotopic (exact) mass is 323 g/mol. The zero-order valence-electron chi connectivity index (χ0n) is 10.1. The molecular formula is C13H11BrFN3O. The second-order valence-electron chi connectivity index (χ2n) is 3.75. The van der Waals surface area contributed by atoms with Crippen molar-refractivity contribution in [2.45, 2.75) is 0 Å². The molecule has 0 saturated heterocycles. The Kier molecular flexibility index (Phi) is 4.11. The predicted octanol–water partition coefficient (Wildman–Crippen LogP) is 3.28. The van der Waals surface area contributed by atoms with E-state index < -0.39 is 5.82 Å². The Morgan fingerprint density at radius 3 is 2.84 bits per heavy atom. The van der Waals surface area contributed by atoms with Gasteiger partial charge < -0.3 is 10.6 Å². The summed E-state index contributed by atoms with van der Waals surface area (Å²) in [6.07, 6.45) is 3.08. The fourth-order valence-corrected chi connectivity index (χ4v) is 1.92. The van der Waals surface area contributed by atoms with Crippen LogP contribution in [-0.2, 0) is 0 Å². The highest BCUT2D eigenvalue weighted by atomic mass is 79.9. The third kappa shape index (κ3) is 3.08. The molecular weight excluding hydrogens is 313 g/mol. The van der Waals surface area contributed by atoms with Crippen molar-refractivity contribution in [1.82, 2.24) is 4.98 Å². The highest BCUT2D eigenvalue weighted by Gasteiger charge is 2.12. The Morgan fingerprint density at radius 1 is 1.32 bits per heavy atom. The first kappa shape index (κ1) is 13.5. The zero-order chi connectivity index (χ0) is 13.8. The van der Waals surface area contributed by atoms with Gasteiger partial charge in [-0.3, -0.25) is 9.78 Å². The summed E-state index contributed by atoms with van der Waals surface area (Å²) in [6, 6.07) is 5.69. The molecule has 0 radical (unpaired) electrons. The van der Waals surface area contributed by atoms with Gasteiger partial charge >= 0.3 is 0 Å². The van der Waals surface area contributed by atoms with Gasteiger partial charge in [-0.05, 0) is 40.2 Å². The Labute approximate surface area is 118 Å². The number of halogens is 2. The fourth-order valence-electron chi connectivity index (χ4n) is 1.57. The van der Waals surface area contributed by atoms with Crippen molar-refractivity contribution in [3.8, 4) is 0 Å². The molecule has 19 heavy (non-hydrogen) atoms. The minimum Gasteiger partial charge on any atom is -0.386 e. The lowest BCUT2D eigenvalue weighted by atomic mass is 10.2. The maximum atomic E-state index is 13.2. The van der Waals surface area contributed by atoms with Crippen LogP contribution in [0.15, 0.2) is 41.1 Å². The molecule has 0 spiro atoms. The second kappa shape index (κ2) is 5.79. The number of nitrogens with one attached hydrogen (secondary N) is 2. The quantitative estimate of drug-likeness (QED) is 0.911. The molecule has 0 aliphatic rings. The summed E-state index contributed by atoms with van der Waals surface area (Å²) in [6.45, 7) is 0. The van der Waals surface area contributed by atoms with E-state index in [1.165, 1.54) is 24.4 Å². The molecule has 6 heteroatoms. The molecule has 2 aromatic rings. The van der Waals surface area contributed by atoms with Crippen molar-refractivity contribution < 1.29 is 9.18 Å². The van der Waals surface area contributed by atoms with E-state index in [0.29, 0.717) is 21.4 Å². The standard InChI is InChI=1S/C13H11BrFN3O/c1-16-12-7-17-5-4-9(12)13(19)18-11-6-8(15)2-3-10(11)14/h2-7,16H,1H3,(H,18,19). The molecule has 2 rings (SSSR count). The van der Waals surface area contributed by atoms with Crippen molar-refractivity contribution in [2.75, 3.05) is 17.7 Å². The topological polar surface area (TPSA) is 54.0 Å². The number of hydrogen-bond donors (Lipinski definition) is 2. The van der Waals surface area contributed by atoms with E-state index in [2.05, 4.69) is 31.5 Å². The Balaban J connectivity index is 2.28. The van der Waals surface area contributed by atoms with Crippen LogP contribution in [0.5, 0.6) is 0 Å². The molecule has 1 amide bonds. The lowest BCUT2D eigenvalue weighted by molar-refractivity contribution is 0.102. The third-order valence-corrected chi connectivity index (χ3v) is 3.20. The van der Waals surface area contributed by atoms with Gasteiger partial charge in [-0.25, -0.2) is 4.39 Å². The van der Waals surface area contributed by atoms with Crippen molar-refractivity contribution in [1.29, 1.82) is 0 Å². The van der Waals surface area contributed by atoms with Crippen LogP contribution < -0.4 is 10.6 Å². The number of carbonyl (C=O) groups excluding carboxylic acids is 1. The van der Waals surface area contributed by atoms with E-state index >= 15 is 0 Å². The highest BCUT2D eigenvalue weighted by molar-refractivity contribution is 9.10. The summed E-state index contributed by atoms with van der Waals surface area (Å²) in [5.41, 5.74) is 1.42. The molecule has 2 N–H and O–H groups in total. The first-order chi connectivity index (χ1) is 9.11. The van der Waals surface area contributed by atoms with Gasteiger partial charge in [0.2, 0.25) is 0 Å². The third-order valence-electron chi connectivity index (χ3n) is 2.51. The van der Waals surface area contributed by atoms with Crippen LogP contribution in [0.4, 0.5) is 15.8 Å². The van der Waals surface area contributed by atoms with Crippen LogP contribution in [0.2, 0.25) is 0 Å². The number of pyridine rings is 1. The predicted molar refractivity (Wildman–Crippen MR) is 75.8 cm³/mol. The van der Waals surface area contributed by atoms with Gasteiger partial charge in [-0.2, -0.15) is 0 Å². The van der Waals surface area contributed by atoms with E-state index in [9.17, 15) is 9.18 Å². The molecule has 0 fully saturated rings. The smallest absolute Gasteiger partial charge is 0.257 e. The molecule has 1 aromatic heterocycles. The zero-order valence-corrected chi connectivity index (χ0v) is 11.7. The number of amides is 1. The molecule has 0 saturated carbocycles. The number of carbonyl (C=O) groups is 1. The minimum absolute atomic E-state index is 0.335. The van der Waals surface area contributed by atoms with Crippen LogP contribution >= 0.6 is 15.9 Å². The van der Waals surface area contributed by atoms with Gasteiger partial charge in [0.15, 0.2) is 0 Å². The van der Waals surface area contributed by atoms with Crippen LogP contribution in [0.1, 0.15) is 10.4 Å². The van der Waals surface area contributed by atoms with Gasteiger partial charge in [0.25, 0.3) is 5.91 Å². The fraction of sp³-hybridized carbons (Fsp3) is 0.0769. The van der Waals surface area contributed by atoms with Crippen molar-refractivity contribution >= 4 is 33.2 Å². The first-order valence-electron chi connectivity index (χ1n) is 5.50. The lowest BCUT2D eigenvalue weighted by Gasteiger charge is -2.10. The SMILES string of the molecule is CNc1cnccc1C(=O)Nc1cc(F)ccc1Br. The molecule has 98 valence electrons. The Bertz CT molecular complexity index is 619. The Hall–Kier alpha value is -1.95. The van der Waals surface area contributed by atoms with Crippen LogP contribution in [0.3, 0.4) is 0 Å². The number of rotatable bonds is 3. The van der Waals surface area contributed by atoms with E-state index in [-0.39, 0.29) is 5.91 Å². The summed E-state index contributed by atoms with van der Waals surface area (Å²) in [4.78, 5) is 16.1. The van der Waals surface area contributed by atoms with Gasteiger partial charge in [0.05, 0.1) is 23.1 Å². The number of benzene rings is 1.